The minimum Gasteiger partial charge on any atom is -0.345 e. The molecule has 0 spiro atoms. The number of fused-ring (bicyclic) bond motifs is 2. The Morgan fingerprint density at radius 1 is 1.26 bits per heavy atom. The summed E-state index contributed by atoms with van der Waals surface area (Å²) in [6, 6.07) is 12.5. The lowest BCUT2D eigenvalue weighted by Crippen LogP contribution is -2.28. The average molecular weight is 382 g/mol. The van der Waals surface area contributed by atoms with E-state index in [9.17, 15) is 9.59 Å². The van der Waals surface area contributed by atoms with Crippen molar-refractivity contribution in [3.05, 3.63) is 74.8 Å². The van der Waals surface area contributed by atoms with Crippen LogP contribution in [0.1, 0.15) is 47.6 Å². The average Bonchev–Trinajstić information content (AvgIpc) is 3.15. The third-order valence-electron chi connectivity index (χ3n) is 5.06. The van der Waals surface area contributed by atoms with Crippen molar-refractivity contribution in [3.8, 4) is 0 Å². The molecule has 1 aliphatic rings. The van der Waals surface area contributed by atoms with Gasteiger partial charge in [-0.05, 0) is 48.7 Å². The molecule has 0 saturated heterocycles. The maximum Gasteiger partial charge on any atom is 0.261 e. The normalized spacial score (nSPS) is 14.1. The predicted molar refractivity (Wildman–Crippen MR) is 106 cm³/mol. The topological polar surface area (TPSA) is 64.0 Å². The highest BCUT2D eigenvalue weighted by atomic mass is 35.5. The van der Waals surface area contributed by atoms with E-state index in [-0.39, 0.29) is 17.5 Å². The van der Waals surface area contributed by atoms with E-state index < -0.39 is 0 Å². The quantitative estimate of drug-likeness (QED) is 0.746. The van der Waals surface area contributed by atoms with E-state index in [0.29, 0.717) is 21.5 Å². The van der Waals surface area contributed by atoms with Gasteiger partial charge in [-0.25, -0.2) is 4.98 Å². The van der Waals surface area contributed by atoms with Gasteiger partial charge in [0.25, 0.3) is 11.5 Å². The Kier molecular flexibility index (Phi) is 4.70. The zero-order valence-electron chi connectivity index (χ0n) is 15.0. The van der Waals surface area contributed by atoms with Crippen molar-refractivity contribution in [2.75, 3.05) is 0 Å². The highest BCUT2D eigenvalue weighted by Gasteiger charge is 2.18. The molecule has 0 fully saturated rings. The van der Waals surface area contributed by atoms with E-state index in [2.05, 4.69) is 10.3 Å². The molecule has 0 unspecified atom stereocenters. The highest BCUT2D eigenvalue weighted by molar-refractivity contribution is 6.30. The molecule has 138 valence electrons. The molecule has 0 saturated carbocycles. The monoisotopic (exact) mass is 381 g/mol. The number of hydrogen-bond acceptors (Lipinski definition) is 3. The molecule has 2 aromatic carbocycles. The van der Waals surface area contributed by atoms with Crippen LogP contribution in [0.4, 0.5) is 0 Å². The Hall–Kier alpha value is -2.66. The van der Waals surface area contributed by atoms with Crippen LogP contribution in [0.25, 0.3) is 10.9 Å². The molecule has 5 nitrogen and oxygen atoms in total. The lowest BCUT2D eigenvalue weighted by molar-refractivity contribution is 0.0935. The number of hydrogen-bond donors (Lipinski definition) is 1. The summed E-state index contributed by atoms with van der Waals surface area (Å²) in [6.45, 7) is 2.74. The molecule has 1 amide bonds. The van der Waals surface area contributed by atoms with Gasteiger partial charge in [-0.1, -0.05) is 30.7 Å². The fourth-order valence-electron chi connectivity index (χ4n) is 3.58. The molecule has 0 bridgehead atoms. The summed E-state index contributed by atoms with van der Waals surface area (Å²) in [4.78, 5) is 29.9. The Labute approximate surface area is 162 Å². The predicted octanol–water partition coefficient (Wildman–Crippen LogP) is 3.88. The smallest absolute Gasteiger partial charge is 0.261 e. The SMILES string of the molecule is CC[C@@H](NC(=O)c1ccc2c(=O)n3c(nc2c1)CCC3)c1ccc(Cl)cc1. The van der Waals surface area contributed by atoms with Gasteiger partial charge in [-0.15, -0.1) is 0 Å². The van der Waals surface area contributed by atoms with Gasteiger partial charge in [-0.3, -0.25) is 14.2 Å². The van der Waals surface area contributed by atoms with Gasteiger partial charge < -0.3 is 5.32 Å². The summed E-state index contributed by atoms with van der Waals surface area (Å²) >= 11 is 5.95. The van der Waals surface area contributed by atoms with Crippen LogP contribution in [-0.2, 0) is 13.0 Å². The summed E-state index contributed by atoms with van der Waals surface area (Å²) < 4.78 is 1.73. The van der Waals surface area contributed by atoms with Gasteiger partial charge in [0.1, 0.15) is 5.82 Å². The molecule has 3 aromatic rings. The van der Waals surface area contributed by atoms with Gasteiger partial charge in [-0.2, -0.15) is 0 Å². The van der Waals surface area contributed by atoms with Crippen molar-refractivity contribution in [2.45, 2.75) is 38.8 Å². The molecular formula is C21H20ClN3O2. The molecule has 1 atom stereocenters. The Bertz CT molecular complexity index is 1070. The molecule has 1 aliphatic heterocycles. The van der Waals surface area contributed by atoms with Crippen LogP contribution in [0.2, 0.25) is 5.02 Å². The van der Waals surface area contributed by atoms with Crippen LogP contribution in [-0.4, -0.2) is 15.5 Å². The number of nitrogens with one attached hydrogen (secondary N) is 1. The van der Waals surface area contributed by atoms with E-state index >= 15 is 0 Å². The lowest BCUT2D eigenvalue weighted by Gasteiger charge is -2.18. The maximum absolute atomic E-state index is 12.8. The van der Waals surface area contributed by atoms with Crippen LogP contribution in [0, 0.1) is 0 Å². The number of benzene rings is 2. The van der Waals surface area contributed by atoms with Crippen molar-refractivity contribution in [1.29, 1.82) is 0 Å². The van der Waals surface area contributed by atoms with Gasteiger partial charge in [0.05, 0.1) is 16.9 Å². The maximum atomic E-state index is 12.8. The summed E-state index contributed by atoms with van der Waals surface area (Å²) in [5.74, 6) is 0.624. The minimum atomic E-state index is -0.180. The van der Waals surface area contributed by atoms with E-state index in [4.69, 9.17) is 11.6 Å². The lowest BCUT2D eigenvalue weighted by atomic mass is 10.0. The van der Waals surface area contributed by atoms with E-state index in [1.165, 1.54) is 0 Å². The largest absolute Gasteiger partial charge is 0.345 e. The third kappa shape index (κ3) is 3.35. The van der Waals surface area contributed by atoms with Gasteiger partial charge >= 0.3 is 0 Å². The Morgan fingerprint density at radius 2 is 2.04 bits per heavy atom. The fraction of sp³-hybridized carbons (Fsp3) is 0.286. The molecule has 27 heavy (non-hydrogen) atoms. The minimum absolute atomic E-state index is 0.0212. The molecule has 6 heteroatoms. The number of halogens is 1. The summed E-state index contributed by atoms with van der Waals surface area (Å²) in [6.07, 6.45) is 2.50. The molecule has 1 N–H and O–H groups in total. The third-order valence-corrected chi connectivity index (χ3v) is 5.32. The van der Waals surface area contributed by atoms with E-state index in [0.717, 1.165) is 37.2 Å². The van der Waals surface area contributed by atoms with Crippen LogP contribution in [0.5, 0.6) is 0 Å². The first-order chi connectivity index (χ1) is 13.1. The zero-order chi connectivity index (χ0) is 19.0. The standard InChI is InChI=1S/C21H20ClN3O2/c1-2-17(13-5-8-15(22)9-6-13)24-20(26)14-7-10-16-18(12-14)23-19-4-3-11-25(19)21(16)27/h5-10,12,17H,2-4,11H2,1H3,(H,24,26)/t17-/m1/s1. The highest BCUT2D eigenvalue weighted by Crippen LogP contribution is 2.21. The van der Waals surface area contributed by atoms with Gasteiger partial charge in [0.2, 0.25) is 0 Å². The first-order valence-corrected chi connectivity index (χ1v) is 9.54. The van der Waals surface area contributed by atoms with Crippen molar-refractivity contribution in [1.82, 2.24) is 14.9 Å². The molecule has 0 radical (unpaired) electrons. The molecule has 4 rings (SSSR count). The van der Waals surface area contributed by atoms with E-state index in [1.807, 2.05) is 31.2 Å². The van der Waals surface area contributed by atoms with Crippen molar-refractivity contribution in [3.63, 3.8) is 0 Å². The van der Waals surface area contributed by atoms with Crippen LogP contribution in [0.3, 0.4) is 0 Å². The first-order valence-electron chi connectivity index (χ1n) is 9.16. The fourth-order valence-corrected chi connectivity index (χ4v) is 3.71. The first kappa shape index (κ1) is 17.7. The molecular weight excluding hydrogens is 362 g/mol. The summed E-state index contributed by atoms with van der Waals surface area (Å²) in [5, 5.41) is 4.28. The number of amides is 1. The summed E-state index contributed by atoms with van der Waals surface area (Å²) in [7, 11) is 0. The zero-order valence-corrected chi connectivity index (χ0v) is 15.8. The number of aromatic nitrogens is 2. The second kappa shape index (κ2) is 7.16. The van der Waals surface area contributed by atoms with Crippen molar-refractivity contribution < 1.29 is 4.79 Å². The second-order valence-electron chi connectivity index (χ2n) is 6.81. The van der Waals surface area contributed by atoms with Crippen molar-refractivity contribution in [2.24, 2.45) is 0 Å². The van der Waals surface area contributed by atoms with Crippen LogP contribution in [0.15, 0.2) is 47.3 Å². The number of rotatable bonds is 4. The number of aryl methyl sites for hydroxylation is 1. The van der Waals surface area contributed by atoms with Crippen LogP contribution < -0.4 is 10.9 Å². The summed E-state index contributed by atoms with van der Waals surface area (Å²) in [5.41, 5.74) is 2.07. The van der Waals surface area contributed by atoms with Gasteiger partial charge in [0.15, 0.2) is 0 Å². The Balaban J connectivity index is 1.63. The number of nitrogens with zero attached hydrogens (tertiary/aromatic N) is 2. The second-order valence-corrected chi connectivity index (χ2v) is 7.24. The van der Waals surface area contributed by atoms with Gasteiger partial charge in [0, 0.05) is 23.6 Å². The van der Waals surface area contributed by atoms with Crippen molar-refractivity contribution >= 4 is 28.4 Å². The number of carbonyl (C=O) groups excluding carboxylic acids is 1. The molecule has 0 aliphatic carbocycles. The van der Waals surface area contributed by atoms with Crippen LogP contribution >= 0.6 is 11.6 Å². The molecule has 1 aromatic heterocycles. The Morgan fingerprint density at radius 3 is 2.78 bits per heavy atom. The van der Waals surface area contributed by atoms with E-state index in [1.54, 1.807) is 22.8 Å². The number of carbonyl (C=O) groups is 1. The molecule has 2 heterocycles.